The number of aromatic nitrogens is 2. The van der Waals surface area contributed by atoms with Crippen LogP contribution in [-0.4, -0.2) is 28.1 Å². The van der Waals surface area contributed by atoms with Gasteiger partial charge in [-0.05, 0) is 49.6 Å². The summed E-state index contributed by atoms with van der Waals surface area (Å²) in [5.74, 6) is 0.607. The Morgan fingerprint density at radius 2 is 1.92 bits per heavy atom. The third-order valence-corrected chi connectivity index (χ3v) is 5.32. The fraction of sp³-hybridized carbons (Fsp3) is 0.474. The number of aryl methyl sites for hydroxylation is 2. The molecule has 1 atom stereocenters. The number of carbonyl (C=O) groups is 1. The van der Waals surface area contributed by atoms with Crippen LogP contribution < -0.4 is 4.90 Å². The molecule has 2 heterocycles. The van der Waals surface area contributed by atoms with Crippen LogP contribution in [0.1, 0.15) is 43.1 Å². The Hall–Kier alpha value is -1.81. The van der Waals surface area contributed by atoms with Gasteiger partial charge in [-0.3, -0.25) is 9.48 Å². The van der Waals surface area contributed by atoms with E-state index < -0.39 is 0 Å². The zero-order valence-electron chi connectivity index (χ0n) is 14.7. The lowest BCUT2D eigenvalue weighted by Gasteiger charge is -2.19. The Morgan fingerprint density at radius 3 is 2.54 bits per heavy atom. The van der Waals surface area contributed by atoms with Crippen LogP contribution in [0.15, 0.2) is 30.5 Å². The molecular weight excluding hydrogens is 322 g/mol. The van der Waals surface area contributed by atoms with Crippen molar-refractivity contribution in [1.82, 2.24) is 9.78 Å². The minimum absolute atomic E-state index is 0.110. The van der Waals surface area contributed by atoms with Crippen molar-refractivity contribution >= 4 is 23.2 Å². The lowest BCUT2D eigenvalue weighted by molar-refractivity contribution is -0.120. The maximum Gasteiger partial charge on any atom is 0.251 e. The number of benzene rings is 1. The predicted octanol–water partition coefficient (Wildman–Crippen LogP) is 3.99. The van der Waals surface area contributed by atoms with Gasteiger partial charge in [0.2, 0.25) is 0 Å². The Morgan fingerprint density at radius 1 is 1.25 bits per heavy atom. The highest BCUT2D eigenvalue weighted by Crippen LogP contribution is 2.31. The molecule has 0 bridgehead atoms. The lowest BCUT2D eigenvalue weighted by Crippen LogP contribution is -2.29. The molecule has 1 unspecified atom stereocenters. The SMILES string of the molecule is Cc1cc(C)cc(N2CCC(n3ccc(C(C)(C)CCl)n3)C2=O)c1. The van der Waals surface area contributed by atoms with Gasteiger partial charge >= 0.3 is 0 Å². The minimum atomic E-state index is -0.231. The summed E-state index contributed by atoms with van der Waals surface area (Å²) >= 11 is 6.03. The van der Waals surface area contributed by atoms with Crippen LogP contribution in [0.4, 0.5) is 5.69 Å². The molecule has 0 saturated carbocycles. The van der Waals surface area contributed by atoms with Crippen LogP contribution >= 0.6 is 11.6 Å². The Kier molecular flexibility index (Phi) is 4.43. The van der Waals surface area contributed by atoms with Gasteiger partial charge in [-0.2, -0.15) is 5.10 Å². The highest BCUT2D eigenvalue weighted by Gasteiger charge is 2.35. The average molecular weight is 346 g/mol. The van der Waals surface area contributed by atoms with Crippen LogP contribution in [0.3, 0.4) is 0 Å². The smallest absolute Gasteiger partial charge is 0.251 e. The summed E-state index contributed by atoms with van der Waals surface area (Å²) < 4.78 is 1.80. The first-order chi connectivity index (χ1) is 11.3. The van der Waals surface area contributed by atoms with Gasteiger partial charge in [0.25, 0.3) is 5.91 Å². The van der Waals surface area contributed by atoms with E-state index in [1.54, 1.807) is 4.68 Å². The molecule has 2 aromatic rings. The van der Waals surface area contributed by atoms with Gasteiger partial charge in [0.05, 0.1) is 5.69 Å². The molecule has 0 N–H and O–H groups in total. The fourth-order valence-electron chi connectivity index (χ4n) is 3.21. The maximum absolute atomic E-state index is 12.9. The molecule has 3 rings (SSSR count). The topological polar surface area (TPSA) is 38.1 Å². The van der Waals surface area contributed by atoms with Crippen molar-refractivity contribution in [2.45, 2.75) is 45.6 Å². The number of carbonyl (C=O) groups excluding carboxylic acids is 1. The normalized spacial score (nSPS) is 18.5. The zero-order chi connectivity index (χ0) is 17.5. The second kappa shape index (κ2) is 6.25. The number of alkyl halides is 1. The highest BCUT2D eigenvalue weighted by molar-refractivity contribution is 6.18. The van der Waals surface area contributed by atoms with Crippen LogP contribution in [-0.2, 0) is 10.2 Å². The van der Waals surface area contributed by atoms with Crippen LogP contribution in [0.5, 0.6) is 0 Å². The maximum atomic E-state index is 12.9. The molecule has 1 aliphatic heterocycles. The highest BCUT2D eigenvalue weighted by atomic mass is 35.5. The molecule has 0 radical (unpaired) electrons. The molecule has 1 fully saturated rings. The van der Waals surface area contributed by atoms with E-state index in [4.69, 9.17) is 11.6 Å². The number of amides is 1. The van der Waals surface area contributed by atoms with E-state index in [-0.39, 0.29) is 17.4 Å². The number of rotatable bonds is 4. The molecule has 1 saturated heterocycles. The summed E-state index contributed by atoms with van der Waals surface area (Å²) in [4.78, 5) is 14.8. The monoisotopic (exact) mass is 345 g/mol. The van der Waals surface area contributed by atoms with Crippen molar-refractivity contribution in [1.29, 1.82) is 0 Å². The van der Waals surface area contributed by atoms with E-state index in [1.165, 1.54) is 11.1 Å². The number of hydrogen-bond acceptors (Lipinski definition) is 2. The van der Waals surface area contributed by atoms with Crippen molar-refractivity contribution in [3.05, 3.63) is 47.3 Å². The van der Waals surface area contributed by atoms with Gasteiger partial charge in [-0.1, -0.05) is 19.9 Å². The van der Waals surface area contributed by atoms with E-state index >= 15 is 0 Å². The number of hydrogen-bond donors (Lipinski definition) is 0. The van der Waals surface area contributed by atoms with E-state index in [0.29, 0.717) is 5.88 Å². The van der Waals surface area contributed by atoms with Gasteiger partial charge in [0.15, 0.2) is 0 Å². The minimum Gasteiger partial charge on any atom is -0.310 e. The third kappa shape index (κ3) is 3.07. The summed E-state index contributed by atoms with van der Waals surface area (Å²) in [6.07, 6.45) is 2.67. The Labute approximate surface area is 148 Å². The molecule has 24 heavy (non-hydrogen) atoms. The third-order valence-electron chi connectivity index (χ3n) is 4.65. The molecule has 0 spiro atoms. The fourth-order valence-corrected chi connectivity index (χ4v) is 3.35. The lowest BCUT2D eigenvalue weighted by atomic mass is 9.92. The summed E-state index contributed by atoms with van der Waals surface area (Å²) in [5, 5.41) is 4.63. The van der Waals surface area contributed by atoms with Gasteiger partial charge in [0.1, 0.15) is 6.04 Å². The van der Waals surface area contributed by atoms with Crippen molar-refractivity contribution in [2.75, 3.05) is 17.3 Å². The largest absolute Gasteiger partial charge is 0.310 e. The van der Waals surface area contributed by atoms with E-state index in [0.717, 1.165) is 24.3 Å². The molecule has 128 valence electrons. The van der Waals surface area contributed by atoms with Gasteiger partial charge in [0, 0.05) is 29.7 Å². The number of halogens is 1. The van der Waals surface area contributed by atoms with Gasteiger partial charge < -0.3 is 4.90 Å². The van der Waals surface area contributed by atoms with Gasteiger partial charge in [-0.25, -0.2) is 0 Å². The molecule has 5 heteroatoms. The summed E-state index contributed by atoms with van der Waals surface area (Å²) in [6.45, 7) is 8.96. The molecular formula is C19H24ClN3O. The van der Waals surface area contributed by atoms with E-state index in [1.807, 2.05) is 17.2 Å². The molecule has 1 amide bonds. The van der Waals surface area contributed by atoms with Crippen molar-refractivity contribution in [2.24, 2.45) is 0 Å². The van der Waals surface area contributed by atoms with Gasteiger partial charge in [-0.15, -0.1) is 11.6 Å². The first kappa shape index (κ1) is 17.0. The second-order valence-corrected chi connectivity index (χ2v) is 7.61. The van der Waals surface area contributed by atoms with Crippen LogP contribution in [0.25, 0.3) is 0 Å². The summed E-state index contributed by atoms with van der Waals surface area (Å²) in [5.41, 5.74) is 4.06. The zero-order valence-corrected chi connectivity index (χ0v) is 15.5. The first-order valence-electron chi connectivity index (χ1n) is 8.33. The molecule has 0 aliphatic carbocycles. The molecule has 1 aromatic carbocycles. The van der Waals surface area contributed by atoms with E-state index in [2.05, 4.69) is 51.0 Å². The van der Waals surface area contributed by atoms with E-state index in [9.17, 15) is 4.79 Å². The van der Waals surface area contributed by atoms with Crippen molar-refractivity contribution in [3.8, 4) is 0 Å². The molecule has 4 nitrogen and oxygen atoms in total. The van der Waals surface area contributed by atoms with Crippen molar-refractivity contribution in [3.63, 3.8) is 0 Å². The Bertz CT molecular complexity index is 745. The number of anilines is 1. The van der Waals surface area contributed by atoms with Crippen LogP contribution in [0, 0.1) is 13.8 Å². The average Bonchev–Trinajstić information content (AvgIpc) is 3.13. The van der Waals surface area contributed by atoms with Crippen LogP contribution in [0.2, 0.25) is 0 Å². The van der Waals surface area contributed by atoms with Crippen molar-refractivity contribution < 1.29 is 4.79 Å². The second-order valence-electron chi connectivity index (χ2n) is 7.34. The first-order valence-corrected chi connectivity index (χ1v) is 8.86. The predicted molar refractivity (Wildman–Crippen MR) is 97.9 cm³/mol. The summed E-state index contributed by atoms with van der Waals surface area (Å²) in [7, 11) is 0. The Balaban J connectivity index is 1.84. The molecule has 1 aliphatic rings. The quantitative estimate of drug-likeness (QED) is 0.786. The standard InChI is InChI=1S/C19H24ClN3O/c1-13-9-14(2)11-15(10-13)22-7-5-16(18(22)24)23-8-6-17(21-23)19(3,4)12-20/h6,8-11,16H,5,7,12H2,1-4H3. The number of nitrogens with zero attached hydrogens (tertiary/aromatic N) is 3. The molecule has 1 aromatic heterocycles. The summed E-state index contributed by atoms with van der Waals surface area (Å²) in [6, 6.07) is 7.99.